The Morgan fingerprint density at radius 2 is 1.97 bits per heavy atom. The Morgan fingerprint density at radius 3 is 2.73 bits per heavy atom. The second-order valence-electron chi connectivity index (χ2n) is 6.96. The summed E-state index contributed by atoms with van der Waals surface area (Å²) in [5.41, 5.74) is 1.64. The molecule has 1 unspecified atom stereocenters. The summed E-state index contributed by atoms with van der Waals surface area (Å²) in [5.74, 6) is 1.69. The monoisotopic (exact) mass is 484 g/mol. The van der Waals surface area contributed by atoms with Crippen molar-refractivity contribution in [3.8, 4) is 0 Å². The minimum atomic E-state index is -0.171. The van der Waals surface area contributed by atoms with Crippen LogP contribution >= 0.6 is 27.7 Å². The molecule has 0 saturated carbocycles. The lowest BCUT2D eigenvalue weighted by atomic mass is 10.1. The molecule has 2 aromatic heterocycles. The highest BCUT2D eigenvalue weighted by atomic mass is 79.9. The molecule has 0 radical (unpaired) electrons. The molecule has 1 atom stereocenters. The van der Waals surface area contributed by atoms with Gasteiger partial charge in [0.1, 0.15) is 0 Å². The summed E-state index contributed by atoms with van der Waals surface area (Å²) in [6.45, 7) is 4.09. The molecule has 4 aromatic rings. The zero-order chi connectivity index (χ0) is 21.1. The lowest BCUT2D eigenvalue weighted by molar-refractivity contribution is 0.384. The maximum absolute atomic E-state index is 13.5. The van der Waals surface area contributed by atoms with Crippen LogP contribution in [0.2, 0.25) is 0 Å². The molecule has 0 amide bonds. The molecule has 2 heterocycles. The van der Waals surface area contributed by atoms with Gasteiger partial charge < -0.3 is 4.52 Å². The van der Waals surface area contributed by atoms with Crippen molar-refractivity contribution in [3.05, 3.63) is 80.6 Å². The fourth-order valence-corrected chi connectivity index (χ4v) is 4.55. The standard InChI is InChI=1S/C22H21BrN4O2S/c1-3-7-19-25-20(29-26-19)13-30-22-24-18-11-10-16(23)12-17(18)21(28)27(22)14(2)15-8-5-4-6-9-15/h4-6,8-12,14H,3,7,13H2,1-2H3. The van der Waals surface area contributed by atoms with Gasteiger partial charge in [-0.05, 0) is 37.1 Å². The molecule has 0 saturated heterocycles. The normalized spacial score (nSPS) is 12.4. The van der Waals surface area contributed by atoms with E-state index in [-0.39, 0.29) is 11.6 Å². The highest BCUT2D eigenvalue weighted by Crippen LogP contribution is 2.27. The first-order valence-corrected chi connectivity index (χ1v) is 11.6. The van der Waals surface area contributed by atoms with E-state index in [2.05, 4.69) is 33.0 Å². The van der Waals surface area contributed by atoms with E-state index in [4.69, 9.17) is 9.51 Å². The predicted octanol–water partition coefficient (Wildman–Crippen LogP) is 5.40. The number of aromatic nitrogens is 4. The van der Waals surface area contributed by atoms with E-state index in [0.29, 0.717) is 33.5 Å². The van der Waals surface area contributed by atoms with Crippen LogP contribution in [0.3, 0.4) is 0 Å². The van der Waals surface area contributed by atoms with Gasteiger partial charge in [-0.3, -0.25) is 9.36 Å². The van der Waals surface area contributed by atoms with Gasteiger partial charge in [0, 0.05) is 10.9 Å². The van der Waals surface area contributed by atoms with E-state index in [9.17, 15) is 4.79 Å². The molecule has 2 aromatic carbocycles. The minimum Gasteiger partial charge on any atom is -0.338 e. The van der Waals surface area contributed by atoms with Gasteiger partial charge >= 0.3 is 0 Å². The maximum Gasteiger partial charge on any atom is 0.262 e. The number of nitrogens with zero attached hydrogens (tertiary/aromatic N) is 4. The molecule has 4 rings (SSSR count). The number of hydrogen-bond donors (Lipinski definition) is 0. The van der Waals surface area contributed by atoms with Gasteiger partial charge in [0.05, 0.1) is 22.7 Å². The lowest BCUT2D eigenvalue weighted by Gasteiger charge is -2.19. The largest absolute Gasteiger partial charge is 0.338 e. The Balaban J connectivity index is 1.76. The van der Waals surface area contributed by atoms with Crippen LogP contribution < -0.4 is 5.56 Å². The van der Waals surface area contributed by atoms with Gasteiger partial charge in [0.25, 0.3) is 5.56 Å². The Kier molecular flexibility index (Phi) is 6.34. The van der Waals surface area contributed by atoms with Crippen molar-refractivity contribution in [3.63, 3.8) is 0 Å². The smallest absolute Gasteiger partial charge is 0.262 e. The minimum absolute atomic E-state index is 0.0719. The van der Waals surface area contributed by atoms with Crippen LogP contribution in [-0.2, 0) is 12.2 Å². The fourth-order valence-electron chi connectivity index (χ4n) is 3.27. The van der Waals surface area contributed by atoms with Crippen molar-refractivity contribution in [1.29, 1.82) is 0 Å². The molecule has 0 fully saturated rings. The second kappa shape index (κ2) is 9.14. The van der Waals surface area contributed by atoms with Crippen LogP contribution in [0.15, 0.2) is 67.5 Å². The summed E-state index contributed by atoms with van der Waals surface area (Å²) in [4.78, 5) is 22.7. The van der Waals surface area contributed by atoms with Crippen LogP contribution in [0.25, 0.3) is 10.9 Å². The fraction of sp³-hybridized carbons (Fsp3) is 0.273. The Hall–Kier alpha value is -2.45. The molecule has 0 bridgehead atoms. The van der Waals surface area contributed by atoms with Gasteiger partial charge in [0.15, 0.2) is 11.0 Å². The third-order valence-corrected chi connectivity index (χ3v) is 6.24. The van der Waals surface area contributed by atoms with E-state index in [0.717, 1.165) is 22.9 Å². The van der Waals surface area contributed by atoms with Crippen LogP contribution in [0.1, 0.15) is 43.6 Å². The quantitative estimate of drug-likeness (QED) is 0.258. The van der Waals surface area contributed by atoms with Crippen molar-refractivity contribution in [1.82, 2.24) is 19.7 Å². The first-order valence-electron chi connectivity index (χ1n) is 9.78. The van der Waals surface area contributed by atoms with Gasteiger partial charge in [-0.25, -0.2) is 4.98 Å². The summed E-state index contributed by atoms with van der Waals surface area (Å²) < 4.78 is 7.95. The van der Waals surface area contributed by atoms with Gasteiger partial charge in [-0.1, -0.05) is 70.1 Å². The third kappa shape index (κ3) is 4.34. The van der Waals surface area contributed by atoms with Crippen molar-refractivity contribution >= 4 is 38.6 Å². The van der Waals surface area contributed by atoms with Crippen LogP contribution in [0.4, 0.5) is 0 Å². The number of halogens is 1. The average Bonchev–Trinajstić information content (AvgIpc) is 3.21. The zero-order valence-electron chi connectivity index (χ0n) is 16.7. The van der Waals surface area contributed by atoms with Crippen LogP contribution in [-0.4, -0.2) is 19.7 Å². The first-order chi connectivity index (χ1) is 14.6. The van der Waals surface area contributed by atoms with E-state index in [1.165, 1.54) is 11.8 Å². The highest BCUT2D eigenvalue weighted by molar-refractivity contribution is 9.10. The summed E-state index contributed by atoms with van der Waals surface area (Å²) in [7, 11) is 0. The van der Waals surface area contributed by atoms with Crippen LogP contribution in [0.5, 0.6) is 0 Å². The third-order valence-electron chi connectivity index (χ3n) is 4.81. The number of fused-ring (bicyclic) bond motifs is 1. The molecule has 8 heteroatoms. The zero-order valence-corrected chi connectivity index (χ0v) is 19.1. The van der Waals surface area contributed by atoms with E-state index >= 15 is 0 Å². The second-order valence-corrected chi connectivity index (χ2v) is 8.82. The number of benzene rings is 2. The predicted molar refractivity (Wildman–Crippen MR) is 122 cm³/mol. The number of hydrogen-bond acceptors (Lipinski definition) is 6. The molecule has 0 N–H and O–H groups in total. The van der Waals surface area contributed by atoms with Crippen molar-refractivity contribution in [2.45, 2.75) is 43.6 Å². The van der Waals surface area contributed by atoms with Gasteiger partial charge in [0.2, 0.25) is 5.89 Å². The summed E-state index contributed by atoms with van der Waals surface area (Å²) in [6.07, 6.45) is 1.75. The Labute approximate surface area is 186 Å². The van der Waals surface area contributed by atoms with Crippen molar-refractivity contribution in [2.75, 3.05) is 0 Å². The molecular weight excluding hydrogens is 464 g/mol. The number of thioether (sulfide) groups is 1. The molecule has 0 aliphatic carbocycles. The summed E-state index contributed by atoms with van der Waals surface area (Å²) >= 11 is 4.89. The van der Waals surface area contributed by atoms with Crippen LogP contribution in [0, 0.1) is 0 Å². The Morgan fingerprint density at radius 1 is 1.17 bits per heavy atom. The molecule has 0 aliphatic rings. The molecular formula is C22H21BrN4O2S. The number of rotatable bonds is 7. The van der Waals surface area contributed by atoms with Gasteiger partial charge in [-0.15, -0.1) is 0 Å². The molecule has 30 heavy (non-hydrogen) atoms. The highest BCUT2D eigenvalue weighted by Gasteiger charge is 2.19. The van der Waals surface area contributed by atoms with E-state index in [1.54, 1.807) is 4.57 Å². The van der Waals surface area contributed by atoms with Crippen molar-refractivity contribution < 1.29 is 4.52 Å². The summed E-state index contributed by atoms with van der Waals surface area (Å²) in [5, 5.41) is 5.22. The lowest BCUT2D eigenvalue weighted by Crippen LogP contribution is -2.27. The van der Waals surface area contributed by atoms with E-state index < -0.39 is 0 Å². The summed E-state index contributed by atoms with van der Waals surface area (Å²) in [6, 6.07) is 15.4. The molecule has 6 nitrogen and oxygen atoms in total. The molecule has 0 aliphatic heterocycles. The van der Waals surface area contributed by atoms with Gasteiger partial charge in [-0.2, -0.15) is 4.98 Å². The average molecular weight is 485 g/mol. The SMILES string of the molecule is CCCc1noc(CSc2nc3ccc(Br)cc3c(=O)n2C(C)c2ccccc2)n1. The first kappa shape index (κ1) is 20.8. The number of aryl methyl sites for hydroxylation is 1. The topological polar surface area (TPSA) is 73.8 Å². The Bertz CT molecular complexity index is 1220. The van der Waals surface area contributed by atoms with E-state index in [1.807, 2.05) is 55.5 Å². The molecule has 154 valence electrons. The van der Waals surface area contributed by atoms with Crippen molar-refractivity contribution in [2.24, 2.45) is 0 Å². The maximum atomic E-state index is 13.5. The molecule has 0 spiro atoms.